The Morgan fingerprint density at radius 3 is 1.58 bits per heavy atom. The monoisotopic (exact) mass is 1270 g/mol. The third-order valence-corrected chi connectivity index (χ3v) is 12.4. The van der Waals surface area contributed by atoms with E-state index in [1.54, 1.807) is 42.5 Å². The molecular formula is C63H64N6O23-4. The first-order valence-electron chi connectivity index (χ1n) is 26.7. The molecule has 19 N–H and O–H groups in total. The molecule has 1 heterocycles. The zero-order valence-electron chi connectivity index (χ0n) is 48.6. The number of quaternary nitrogens is 3. The number of para-hydroxylation sites is 2. The van der Waals surface area contributed by atoms with Crippen molar-refractivity contribution < 1.29 is 131 Å². The molecule has 0 aliphatic heterocycles. The molecule has 92 heavy (non-hydrogen) atoms. The van der Waals surface area contributed by atoms with Crippen molar-refractivity contribution >= 4 is 81.8 Å². The van der Waals surface area contributed by atoms with E-state index in [2.05, 4.69) is 28.8 Å². The second-order valence-electron chi connectivity index (χ2n) is 19.5. The average Bonchev–Trinajstić information content (AvgIpc) is 1.06. The molecule has 2 aliphatic rings. The van der Waals surface area contributed by atoms with Gasteiger partial charge in [0.15, 0.2) is 5.78 Å². The predicted molar refractivity (Wildman–Crippen MR) is 308 cm³/mol. The van der Waals surface area contributed by atoms with Gasteiger partial charge in [-0.2, -0.15) is 0 Å². The number of carbonyl (C=O) groups excluding carboxylic acids is 8. The number of aromatic amines is 1. The number of carboxylic acid groups (broad SMARTS) is 9. The molecule has 4 unspecified atom stereocenters. The number of H-pyrrole nitrogens is 1. The summed E-state index contributed by atoms with van der Waals surface area (Å²) in [6, 6.07) is 33.8. The minimum absolute atomic E-state index is 0.155. The third kappa shape index (κ3) is 27.1. The van der Waals surface area contributed by atoms with Crippen LogP contribution >= 0.6 is 0 Å². The number of Topliss-reactive ketones (excluding diaryl/α,β-unsaturated/α-hetero) is 1. The van der Waals surface area contributed by atoms with Crippen LogP contribution < -0.4 is 64.4 Å². The zero-order chi connectivity index (χ0) is 69.4. The lowest BCUT2D eigenvalue weighted by Gasteiger charge is -2.30. The lowest BCUT2D eigenvalue weighted by atomic mass is 9.79. The normalized spacial score (nSPS) is 16.4. The number of aliphatic hydroxyl groups excluding tert-OH is 2. The van der Waals surface area contributed by atoms with Crippen molar-refractivity contribution in [2.45, 2.75) is 62.1 Å². The van der Waals surface area contributed by atoms with Gasteiger partial charge in [0.25, 0.3) is 0 Å². The van der Waals surface area contributed by atoms with Gasteiger partial charge in [-0.1, -0.05) is 116 Å². The molecule has 2 aliphatic carbocycles. The first-order chi connectivity index (χ1) is 43.2. The first-order valence-corrected chi connectivity index (χ1v) is 26.7. The number of aliphatic hydroxyl groups is 2. The summed E-state index contributed by atoms with van der Waals surface area (Å²) < 4.78 is 4.72. The van der Waals surface area contributed by atoms with Crippen molar-refractivity contribution in [1.29, 1.82) is 0 Å². The topological polar surface area (TPSA) is 593 Å². The molecule has 0 spiro atoms. The lowest BCUT2D eigenvalue weighted by molar-refractivity contribution is -0.437. The van der Waals surface area contributed by atoms with Crippen LogP contribution in [0.1, 0.15) is 43.8 Å². The van der Waals surface area contributed by atoms with Crippen LogP contribution in [0.5, 0.6) is 5.75 Å². The summed E-state index contributed by atoms with van der Waals surface area (Å²) in [4.78, 5) is 108. The van der Waals surface area contributed by atoms with Gasteiger partial charge < -0.3 is 133 Å². The van der Waals surface area contributed by atoms with Crippen molar-refractivity contribution in [3.05, 3.63) is 222 Å². The van der Waals surface area contributed by atoms with Gasteiger partial charge in [0.1, 0.15) is 53.8 Å². The van der Waals surface area contributed by atoms with Gasteiger partial charge in [-0.3, -0.25) is 4.79 Å². The van der Waals surface area contributed by atoms with E-state index >= 15 is 0 Å². The van der Waals surface area contributed by atoms with Crippen molar-refractivity contribution in [1.82, 2.24) is 4.98 Å². The van der Waals surface area contributed by atoms with E-state index < -0.39 is 114 Å². The van der Waals surface area contributed by atoms with Crippen molar-refractivity contribution in [2.75, 3.05) is 11.5 Å². The van der Waals surface area contributed by atoms with Crippen molar-refractivity contribution in [3.63, 3.8) is 0 Å². The number of nitrogens with two attached hydrogens (primary N) is 2. The number of aromatic nitrogens is 1. The summed E-state index contributed by atoms with van der Waals surface area (Å²) >= 11 is 0. The molecule has 488 valence electrons. The van der Waals surface area contributed by atoms with E-state index in [0.717, 1.165) is 70.1 Å². The number of aromatic carboxylic acids is 2. The highest BCUT2D eigenvalue weighted by Crippen LogP contribution is 2.29. The molecule has 8 rings (SSSR count). The molecule has 1 aromatic heterocycles. The number of aliphatic carboxylic acids is 7. The maximum absolute atomic E-state index is 10.9. The van der Waals surface area contributed by atoms with E-state index in [9.17, 15) is 88.8 Å². The second kappa shape index (κ2) is 37.8. The highest BCUT2D eigenvalue weighted by molar-refractivity contribution is 6.32. The number of ether oxygens (including phenoxy) is 1. The van der Waals surface area contributed by atoms with E-state index in [0.29, 0.717) is 30.6 Å². The summed E-state index contributed by atoms with van der Waals surface area (Å²) in [7, 11) is 0. The minimum atomic E-state index is -1.95. The third-order valence-electron chi connectivity index (χ3n) is 12.4. The van der Waals surface area contributed by atoms with Gasteiger partial charge in [0, 0.05) is 54.2 Å². The Labute approximate surface area is 522 Å². The molecule has 29 nitrogen and oxygen atoms in total. The molecule has 5 atom stereocenters. The molecule has 0 amide bonds. The number of nitrogen functional groups attached to an aromatic ring is 2. The van der Waals surface area contributed by atoms with Gasteiger partial charge in [0.2, 0.25) is 0 Å². The Morgan fingerprint density at radius 1 is 0.609 bits per heavy atom. The number of aromatic hydroxyl groups is 1. The summed E-state index contributed by atoms with van der Waals surface area (Å²) in [6.45, 7) is 3.04. The number of phenols is 1. The van der Waals surface area contributed by atoms with E-state index in [1.807, 2.05) is 60.8 Å². The number of fused-ring (bicyclic) bond motifs is 1. The molecule has 0 bridgehead atoms. The van der Waals surface area contributed by atoms with Crippen LogP contribution in [-0.4, -0.2) is 126 Å². The highest BCUT2D eigenvalue weighted by atomic mass is 16.5. The van der Waals surface area contributed by atoms with Gasteiger partial charge >= 0.3 is 11.9 Å². The van der Waals surface area contributed by atoms with Crippen molar-refractivity contribution in [2.24, 2.45) is 5.41 Å². The summed E-state index contributed by atoms with van der Waals surface area (Å²) in [5, 5.41) is 119. The maximum atomic E-state index is 10.9. The Morgan fingerprint density at radius 2 is 1.11 bits per heavy atom. The smallest absolute Gasteiger partial charge is 0.337 e. The SMILES string of the molecule is C=C(OC1C=C(C(=O)[O-])C=C[C@H]1O)C(=O)[O-].Nc1ccc(C(=O)O)cc1.Nc1ccccc1C(=O)O.O=C([O-])C(=O)CC1(C(=O)[O-])C=CC(O)C=C1.[NH3+]C(Cc1c[nH]c2ccccc12)C(=O)[O-].[NH3+]C(Cc1ccc(O)cc1)C(=O)[O-].[NH3+]C(Cc1ccccc1)C(=O)[O-]. The minimum Gasteiger partial charge on any atom is -0.549 e. The average molecular weight is 1270 g/mol. The Kier molecular flexibility index (Phi) is 31.4. The number of rotatable bonds is 19. The Bertz CT molecular complexity index is 3640. The number of hydrogen-bond acceptors (Lipinski definition) is 23. The number of anilines is 2. The fourth-order valence-electron chi connectivity index (χ4n) is 7.37. The second-order valence-corrected chi connectivity index (χ2v) is 19.5. The molecule has 6 aromatic rings. The number of carbonyl (C=O) groups is 10. The van der Waals surface area contributed by atoms with Gasteiger partial charge in [-0.25, -0.2) is 9.59 Å². The molecule has 0 saturated carbocycles. The number of hydrogen-bond donors (Lipinski definition) is 11. The molecule has 29 heteroatoms. The summed E-state index contributed by atoms with van der Waals surface area (Å²) in [5.74, 6) is -13.8. The maximum Gasteiger partial charge on any atom is 0.337 e. The van der Waals surface area contributed by atoms with E-state index in [-0.39, 0.29) is 22.4 Å². The zero-order valence-corrected chi connectivity index (χ0v) is 48.6. The number of benzene rings is 5. The van der Waals surface area contributed by atoms with Crippen LogP contribution in [-0.2, 0) is 62.4 Å². The molecule has 0 radical (unpaired) electrons. The Hall–Kier alpha value is -11.8. The van der Waals surface area contributed by atoms with Crippen LogP contribution in [0.3, 0.4) is 0 Å². The van der Waals surface area contributed by atoms with Crippen molar-refractivity contribution in [3.8, 4) is 5.75 Å². The number of ketones is 1. The standard InChI is InChI=1S/C11H12N2O2.2C10H10O6.C9H11NO3.C9H11NO2.2C7H7NO2/c12-9(11(14)15)5-7-6-13-10-4-2-1-3-8(7)10;1-5(9(12)13)16-8-4-6(10(14)15)2-3-7(8)11;11-6-1-3-10(4-2-6,9(15)16)5-7(12)8(13)14;10-8(9(12)13)5-6-1-3-7(11)4-2-6;10-8(9(11)12)6-7-4-2-1-3-5-7;8-6-3-1-5(2-4-6)7(9)10;8-6-4-2-1-3-5(6)7(9)10/h1-4,6,9,13H,5,12H2,(H,14,15);2-4,7-8,11H,1H2,(H,12,13)(H,14,15);1-4,6,11H,5H2,(H,13,14)(H,15,16);1-4,8,11H,5,10H2,(H,12,13);1-5,8H,6,10H2,(H,11,12);2*1-4H,8H2,(H,9,10)/p-4/t;7-,8?;;;;;/m.1...../s1. The molecule has 0 saturated heterocycles. The van der Waals surface area contributed by atoms with E-state index in [1.165, 1.54) is 30.3 Å². The summed E-state index contributed by atoms with van der Waals surface area (Å²) in [5.41, 5.74) is 24.2. The van der Waals surface area contributed by atoms with Crippen LogP contribution in [0.2, 0.25) is 0 Å². The fraction of sp³-hybridized carbons (Fsp3) is 0.175. The van der Waals surface area contributed by atoms with E-state index in [4.69, 9.17) is 36.6 Å². The van der Waals surface area contributed by atoms with Crippen LogP contribution in [0.4, 0.5) is 11.4 Å². The highest BCUT2D eigenvalue weighted by Gasteiger charge is 2.31. The molecular weight excluding hydrogens is 1210 g/mol. The van der Waals surface area contributed by atoms with Gasteiger partial charge in [-0.05, 0) is 82.9 Å². The fourth-order valence-corrected chi connectivity index (χ4v) is 7.37. The molecule has 5 aromatic carbocycles. The first kappa shape index (κ1) is 76.3. The van der Waals surface area contributed by atoms with Gasteiger partial charge in [-0.15, -0.1) is 0 Å². The van der Waals surface area contributed by atoms with Crippen LogP contribution in [0.25, 0.3) is 10.9 Å². The molecule has 0 fully saturated rings. The number of phenolic OH excluding ortho intramolecular Hbond substituents is 1. The number of nitrogens with one attached hydrogen (secondary N) is 1. The largest absolute Gasteiger partial charge is 0.549 e. The quantitative estimate of drug-likeness (QED) is 0.0118. The predicted octanol–water partition coefficient (Wildman–Crippen LogP) is -7.95. The van der Waals surface area contributed by atoms with Crippen LogP contribution in [0.15, 0.2) is 194 Å². The number of carboxylic acids is 9. The van der Waals surface area contributed by atoms with Gasteiger partial charge in [0.05, 0.1) is 52.5 Å². The van der Waals surface area contributed by atoms with Crippen LogP contribution in [0, 0.1) is 5.41 Å². The summed E-state index contributed by atoms with van der Waals surface area (Å²) in [6.07, 6.45) is 6.61. The lowest BCUT2D eigenvalue weighted by Crippen LogP contribution is -2.69. The Balaban J connectivity index is 0.000000368.